The van der Waals surface area contributed by atoms with Gasteiger partial charge in [0, 0.05) is 6.54 Å². The van der Waals surface area contributed by atoms with Crippen LogP contribution in [0.5, 0.6) is 5.75 Å². The summed E-state index contributed by atoms with van der Waals surface area (Å²) in [5, 5.41) is 2.93. The second-order valence-corrected chi connectivity index (χ2v) is 5.55. The van der Waals surface area contributed by atoms with E-state index >= 15 is 0 Å². The van der Waals surface area contributed by atoms with Gasteiger partial charge in [0.25, 0.3) is 0 Å². The van der Waals surface area contributed by atoms with Crippen molar-refractivity contribution in [2.45, 2.75) is 26.8 Å². The Labute approximate surface area is 122 Å². The highest BCUT2D eigenvalue weighted by Crippen LogP contribution is 2.10. The van der Waals surface area contributed by atoms with E-state index in [4.69, 9.17) is 4.74 Å². The maximum absolute atomic E-state index is 11.8. The van der Waals surface area contributed by atoms with Crippen LogP contribution < -0.4 is 10.1 Å². The zero-order valence-corrected chi connectivity index (χ0v) is 13.0. The summed E-state index contributed by atoms with van der Waals surface area (Å²) in [4.78, 5) is 13.9. The zero-order valence-electron chi connectivity index (χ0n) is 13.0. The monoisotopic (exact) mass is 278 g/mol. The molecule has 0 unspecified atom stereocenters. The molecule has 0 radical (unpaired) electrons. The maximum Gasteiger partial charge on any atom is 0.234 e. The van der Waals surface area contributed by atoms with E-state index in [2.05, 4.69) is 24.1 Å². The molecule has 0 aromatic heterocycles. The van der Waals surface area contributed by atoms with Gasteiger partial charge in [0.05, 0.1) is 13.7 Å². The van der Waals surface area contributed by atoms with Crippen LogP contribution in [-0.2, 0) is 11.3 Å². The summed E-state index contributed by atoms with van der Waals surface area (Å²) < 4.78 is 5.10. The topological polar surface area (TPSA) is 41.6 Å². The van der Waals surface area contributed by atoms with E-state index in [-0.39, 0.29) is 5.91 Å². The van der Waals surface area contributed by atoms with Crippen molar-refractivity contribution >= 4 is 5.91 Å². The highest BCUT2D eigenvalue weighted by molar-refractivity contribution is 5.77. The molecule has 0 saturated carbocycles. The van der Waals surface area contributed by atoms with Crippen LogP contribution in [0.4, 0.5) is 0 Å². The highest BCUT2D eigenvalue weighted by atomic mass is 16.5. The third-order valence-corrected chi connectivity index (χ3v) is 3.15. The largest absolute Gasteiger partial charge is 0.497 e. The summed E-state index contributed by atoms with van der Waals surface area (Å²) in [5.74, 6) is 1.56. The Balaban J connectivity index is 2.28. The summed E-state index contributed by atoms with van der Waals surface area (Å²) in [7, 11) is 3.62. The van der Waals surface area contributed by atoms with Crippen LogP contribution >= 0.6 is 0 Å². The second-order valence-electron chi connectivity index (χ2n) is 5.55. The molecule has 1 rings (SSSR count). The molecule has 0 atom stereocenters. The van der Waals surface area contributed by atoms with Crippen molar-refractivity contribution in [3.05, 3.63) is 29.8 Å². The molecular formula is C16H26N2O2. The molecule has 1 N–H and O–H groups in total. The number of methoxy groups -OCH3 is 1. The van der Waals surface area contributed by atoms with Gasteiger partial charge >= 0.3 is 0 Å². The van der Waals surface area contributed by atoms with Crippen LogP contribution in [-0.4, -0.2) is 38.1 Å². The molecular weight excluding hydrogens is 252 g/mol. The Kier molecular flexibility index (Phi) is 7.09. The van der Waals surface area contributed by atoms with Gasteiger partial charge in [-0.25, -0.2) is 0 Å². The van der Waals surface area contributed by atoms with Gasteiger partial charge in [-0.15, -0.1) is 0 Å². The predicted octanol–water partition coefficient (Wildman–Crippen LogP) is 2.29. The smallest absolute Gasteiger partial charge is 0.234 e. The van der Waals surface area contributed by atoms with E-state index in [9.17, 15) is 4.79 Å². The number of carbonyl (C=O) groups excluding carboxylic acids is 1. The van der Waals surface area contributed by atoms with Gasteiger partial charge in [-0.2, -0.15) is 0 Å². The minimum absolute atomic E-state index is 0.0621. The average Bonchev–Trinajstić information content (AvgIpc) is 2.43. The fraction of sp³-hybridized carbons (Fsp3) is 0.562. The van der Waals surface area contributed by atoms with E-state index in [1.807, 2.05) is 31.3 Å². The molecule has 4 nitrogen and oxygen atoms in total. The van der Waals surface area contributed by atoms with Crippen molar-refractivity contribution in [3.8, 4) is 5.75 Å². The summed E-state index contributed by atoms with van der Waals surface area (Å²) >= 11 is 0. The highest BCUT2D eigenvalue weighted by Gasteiger charge is 2.07. The number of nitrogens with one attached hydrogen (secondary N) is 1. The van der Waals surface area contributed by atoms with Gasteiger partial charge in [-0.3, -0.25) is 9.69 Å². The molecule has 1 aromatic carbocycles. The number of nitrogens with zero attached hydrogens (tertiary/aromatic N) is 1. The molecule has 0 aliphatic heterocycles. The number of ether oxygens (including phenoxy) is 1. The van der Waals surface area contributed by atoms with Gasteiger partial charge in [-0.1, -0.05) is 26.0 Å². The van der Waals surface area contributed by atoms with Crippen LogP contribution in [0, 0.1) is 5.92 Å². The third kappa shape index (κ3) is 6.57. The van der Waals surface area contributed by atoms with Crippen LogP contribution in [0.1, 0.15) is 25.8 Å². The molecule has 0 fully saturated rings. The first-order chi connectivity index (χ1) is 9.51. The van der Waals surface area contributed by atoms with Crippen molar-refractivity contribution in [1.82, 2.24) is 10.2 Å². The Bertz CT molecular complexity index is 401. The zero-order chi connectivity index (χ0) is 15.0. The number of likely N-dealkylation sites (N-methyl/N-ethyl adjacent to an activating group) is 1. The van der Waals surface area contributed by atoms with Crippen LogP contribution in [0.15, 0.2) is 24.3 Å². The minimum atomic E-state index is 0.0621. The van der Waals surface area contributed by atoms with Gasteiger partial charge < -0.3 is 10.1 Å². The Morgan fingerprint density at radius 3 is 2.50 bits per heavy atom. The number of carbonyl (C=O) groups is 1. The van der Waals surface area contributed by atoms with Gasteiger partial charge in [0.2, 0.25) is 5.91 Å². The van der Waals surface area contributed by atoms with Crippen LogP contribution in [0.3, 0.4) is 0 Å². The molecule has 0 heterocycles. The second kappa shape index (κ2) is 8.59. The molecule has 0 saturated heterocycles. The van der Waals surface area contributed by atoms with Gasteiger partial charge in [-0.05, 0) is 43.6 Å². The van der Waals surface area contributed by atoms with Crippen LogP contribution in [0.25, 0.3) is 0 Å². The van der Waals surface area contributed by atoms with Gasteiger partial charge in [0.15, 0.2) is 0 Å². The molecule has 20 heavy (non-hydrogen) atoms. The third-order valence-electron chi connectivity index (χ3n) is 3.15. The molecule has 0 aliphatic rings. The lowest BCUT2D eigenvalue weighted by Gasteiger charge is -2.17. The predicted molar refractivity (Wildman–Crippen MR) is 81.8 cm³/mol. The Morgan fingerprint density at radius 1 is 1.30 bits per heavy atom. The van der Waals surface area contributed by atoms with E-state index in [0.717, 1.165) is 24.3 Å². The number of rotatable bonds is 8. The van der Waals surface area contributed by atoms with E-state index in [1.165, 1.54) is 0 Å². The molecule has 0 bridgehead atoms. The number of benzene rings is 1. The lowest BCUT2D eigenvalue weighted by Crippen LogP contribution is -2.35. The number of hydrogen-bond donors (Lipinski definition) is 1. The number of amides is 1. The van der Waals surface area contributed by atoms with Crippen molar-refractivity contribution in [3.63, 3.8) is 0 Å². The molecule has 1 aromatic rings. The molecule has 0 aliphatic carbocycles. The van der Waals surface area contributed by atoms with Crippen molar-refractivity contribution < 1.29 is 9.53 Å². The first-order valence-electron chi connectivity index (χ1n) is 7.09. The molecule has 0 spiro atoms. The lowest BCUT2D eigenvalue weighted by molar-refractivity contribution is -0.122. The van der Waals surface area contributed by atoms with E-state index in [0.29, 0.717) is 19.0 Å². The summed E-state index contributed by atoms with van der Waals surface area (Å²) in [6.45, 7) is 6.34. The van der Waals surface area contributed by atoms with Gasteiger partial charge in [0.1, 0.15) is 5.75 Å². The van der Waals surface area contributed by atoms with Crippen molar-refractivity contribution in [2.75, 3.05) is 27.2 Å². The summed E-state index contributed by atoms with van der Waals surface area (Å²) in [5.41, 5.74) is 1.07. The molecule has 1 amide bonds. The minimum Gasteiger partial charge on any atom is -0.497 e. The number of hydrogen-bond acceptors (Lipinski definition) is 3. The molecule has 4 heteroatoms. The van der Waals surface area contributed by atoms with Crippen molar-refractivity contribution in [1.29, 1.82) is 0 Å². The molecule has 112 valence electrons. The standard InChI is InChI=1S/C16H26N2O2/c1-13(2)9-10-18(3)12-16(19)17-11-14-5-7-15(20-4)8-6-14/h5-8,13H,9-12H2,1-4H3,(H,17,19). The lowest BCUT2D eigenvalue weighted by atomic mass is 10.1. The van der Waals surface area contributed by atoms with Crippen molar-refractivity contribution in [2.24, 2.45) is 5.92 Å². The van der Waals surface area contributed by atoms with E-state index in [1.54, 1.807) is 7.11 Å². The summed E-state index contributed by atoms with van der Waals surface area (Å²) in [6, 6.07) is 7.72. The Morgan fingerprint density at radius 2 is 1.95 bits per heavy atom. The fourth-order valence-electron chi connectivity index (χ4n) is 1.80. The normalized spacial score (nSPS) is 10.9. The quantitative estimate of drug-likeness (QED) is 0.793. The maximum atomic E-state index is 11.8. The first-order valence-corrected chi connectivity index (χ1v) is 7.09. The Hall–Kier alpha value is -1.55. The first kappa shape index (κ1) is 16.5. The van der Waals surface area contributed by atoms with Crippen LogP contribution in [0.2, 0.25) is 0 Å². The SMILES string of the molecule is COc1ccc(CNC(=O)CN(C)CCC(C)C)cc1. The van der Waals surface area contributed by atoms with E-state index < -0.39 is 0 Å². The fourth-order valence-corrected chi connectivity index (χ4v) is 1.80. The summed E-state index contributed by atoms with van der Waals surface area (Å²) in [6.07, 6.45) is 1.11. The average molecular weight is 278 g/mol.